The molecule has 0 saturated heterocycles. The predicted octanol–water partition coefficient (Wildman–Crippen LogP) is 4.45. The van der Waals surface area contributed by atoms with Crippen LogP contribution in [0.15, 0.2) is 48.7 Å². The standard InChI is InChI=1S/C17H14Cl2N2O/c18-13-5-3-6-14(19)16(13)17(22)20-9-8-11-10-21-15-7-2-1-4-12(11)15/h1-7,10,21H,8-9H2,(H,20,22). The van der Waals surface area contributed by atoms with Crippen molar-refractivity contribution >= 4 is 40.0 Å². The molecule has 0 atom stereocenters. The number of benzene rings is 2. The number of fused-ring (bicyclic) bond motifs is 1. The highest BCUT2D eigenvalue weighted by atomic mass is 35.5. The first-order valence-corrected chi connectivity index (χ1v) is 7.69. The van der Waals surface area contributed by atoms with Crippen molar-refractivity contribution in [1.29, 1.82) is 0 Å². The van der Waals surface area contributed by atoms with E-state index in [1.165, 1.54) is 10.9 Å². The Morgan fingerprint density at radius 2 is 1.77 bits per heavy atom. The van der Waals surface area contributed by atoms with Gasteiger partial charge in [-0.05, 0) is 30.2 Å². The van der Waals surface area contributed by atoms with E-state index in [1.54, 1.807) is 18.2 Å². The van der Waals surface area contributed by atoms with E-state index in [1.807, 2.05) is 24.4 Å². The van der Waals surface area contributed by atoms with E-state index in [0.29, 0.717) is 22.2 Å². The molecule has 2 N–H and O–H groups in total. The highest BCUT2D eigenvalue weighted by Crippen LogP contribution is 2.24. The van der Waals surface area contributed by atoms with Crippen LogP contribution in [-0.4, -0.2) is 17.4 Å². The molecule has 112 valence electrons. The Hall–Kier alpha value is -1.97. The normalized spacial score (nSPS) is 10.8. The zero-order valence-corrected chi connectivity index (χ0v) is 13.2. The molecule has 0 aliphatic rings. The minimum Gasteiger partial charge on any atom is -0.361 e. The number of para-hydroxylation sites is 1. The van der Waals surface area contributed by atoms with Gasteiger partial charge in [-0.25, -0.2) is 0 Å². The summed E-state index contributed by atoms with van der Waals surface area (Å²) in [4.78, 5) is 15.4. The van der Waals surface area contributed by atoms with E-state index >= 15 is 0 Å². The second kappa shape index (κ2) is 6.42. The molecule has 0 aliphatic heterocycles. The number of aromatic amines is 1. The average molecular weight is 333 g/mol. The Bertz CT molecular complexity index is 806. The first-order chi connectivity index (χ1) is 10.7. The molecule has 0 aliphatic carbocycles. The van der Waals surface area contributed by atoms with Crippen LogP contribution in [0.4, 0.5) is 0 Å². The fraction of sp³-hybridized carbons (Fsp3) is 0.118. The zero-order valence-electron chi connectivity index (χ0n) is 11.7. The maximum atomic E-state index is 12.2. The summed E-state index contributed by atoms with van der Waals surface area (Å²) >= 11 is 12.1. The van der Waals surface area contributed by atoms with Gasteiger partial charge in [0.1, 0.15) is 0 Å². The van der Waals surface area contributed by atoms with Gasteiger partial charge >= 0.3 is 0 Å². The van der Waals surface area contributed by atoms with Gasteiger partial charge in [0.2, 0.25) is 0 Å². The molecule has 3 aromatic rings. The molecule has 0 unspecified atom stereocenters. The lowest BCUT2D eigenvalue weighted by Gasteiger charge is -2.08. The first kappa shape index (κ1) is 14.9. The number of H-pyrrole nitrogens is 1. The van der Waals surface area contributed by atoms with E-state index in [-0.39, 0.29) is 5.91 Å². The third-order valence-electron chi connectivity index (χ3n) is 3.54. The smallest absolute Gasteiger partial charge is 0.254 e. The first-order valence-electron chi connectivity index (χ1n) is 6.94. The van der Waals surface area contributed by atoms with Crippen LogP contribution in [-0.2, 0) is 6.42 Å². The molecule has 0 radical (unpaired) electrons. The van der Waals surface area contributed by atoms with E-state index < -0.39 is 0 Å². The molecule has 0 bridgehead atoms. The van der Waals surface area contributed by atoms with Gasteiger partial charge in [0.25, 0.3) is 5.91 Å². The third kappa shape index (κ3) is 2.96. The molecule has 22 heavy (non-hydrogen) atoms. The summed E-state index contributed by atoms with van der Waals surface area (Å²) in [5, 5.41) is 4.75. The minimum absolute atomic E-state index is 0.254. The molecule has 3 rings (SSSR count). The SMILES string of the molecule is O=C(NCCc1c[nH]c2ccccc12)c1c(Cl)cccc1Cl. The Balaban J connectivity index is 1.67. The Kier molecular flexibility index (Phi) is 4.36. The van der Waals surface area contributed by atoms with Crippen LogP contribution >= 0.6 is 23.2 Å². The monoisotopic (exact) mass is 332 g/mol. The van der Waals surface area contributed by atoms with E-state index in [2.05, 4.69) is 16.4 Å². The molecule has 1 aromatic heterocycles. The summed E-state index contributed by atoms with van der Waals surface area (Å²) in [6.07, 6.45) is 2.71. The Morgan fingerprint density at radius 3 is 2.55 bits per heavy atom. The molecule has 5 heteroatoms. The van der Waals surface area contributed by atoms with Crippen LogP contribution in [0.3, 0.4) is 0 Å². The number of hydrogen-bond donors (Lipinski definition) is 2. The highest BCUT2D eigenvalue weighted by Gasteiger charge is 2.14. The lowest BCUT2D eigenvalue weighted by molar-refractivity contribution is 0.0954. The van der Waals surface area contributed by atoms with Crippen LogP contribution in [0.5, 0.6) is 0 Å². The van der Waals surface area contributed by atoms with Gasteiger partial charge in [0, 0.05) is 23.6 Å². The van der Waals surface area contributed by atoms with Crippen LogP contribution in [0, 0.1) is 0 Å². The summed E-state index contributed by atoms with van der Waals surface area (Å²) in [7, 11) is 0. The fourth-order valence-corrected chi connectivity index (χ4v) is 3.02. The average Bonchev–Trinajstić information content (AvgIpc) is 2.91. The predicted molar refractivity (Wildman–Crippen MR) is 90.8 cm³/mol. The number of aromatic nitrogens is 1. The van der Waals surface area contributed by atoms with Crippen LogP contribution in [0.25, 0.3) is 10.9 Å². The maximum Gasteiger partial charge on any atom is 0.254 e. The second-order valence-corrected chi connectivity index (χ2v) is 5.78. The summed E-state index contributed by atoms with van der Waals surface area (Å²) in [5.74, 6) is -0.254. The van der Waals surface area contributed by atoms with Gasteiger partial charge in [-0.1, -0.05) is 47.5 Å². The molecule has 0 spiro atoms. The summed E-state index contributed by atoms with van der Waals surface area (Å²) < 4.78 is 0. The minimum atomic E-state index is -0.254. The van der Waals surface area contributed by atoms with Crippen molar-refractivity contribution in [2.75, 3.05) is 6.54 Å². The Labute approximate surface area is 138 Å². The van der Waals surface area contributed by atoms with Gasteiger partial charge in [-0.2, -0.15) is 0 Å². The topological polar surface area (TPSA) is 44.9 Å². The van der Waals surface area contributed by atoms with Gasteiger partial charge in [0.15, 0.2) is 0 Å². The van der Waals surface area contributed by atoms with Crippen LogP contribution in [0.1, 0.15) is 15.9 Å². The highest BCUT2D eigenvalue weighted by molar-refractivity contribution is 6.39. The number of rotatable bonds is 4. The number of nitrogens with one attached hydrogen (secondary N) is 2. The number of carbonyl (C=O) groups is 1. The van der Waals surface area contributed by atoms with Crippen LogP contribution in [0.2, 0.25) is 10.0 Å². The van der Waals surface area contributed by atoms with Crippen LogP contribution < -0.4 is 5.32 Å². The molecule has 1 heterocycles. The van der Waals surface area contributed by atoms with Crippen molar-refractivity contribution in [2.24, 2.45) is 0 Å². The second-order valence-electron chi connectivity index (χ2n) is 4.96. The van der Waals surface area contributed by atoms with E-state index in [9.17, 15) is 4.79 Å². The van der Waals surface area contributed by atoms with Crippen molar-refractivity contribution in [3.05, 3.63) is 69.8 Å². The summed E-state index contributed by atoms with van der Waals surface area (Å²) in [6, 6.07) is 13.1. The van der Waals surface area contributed by atoms with Gasteiger partial charge in [0.05, 0.1) is 15.6 Å². The lowest BCUT2D eigenvalue weighted by Crippen LogP contribution is -2.26. The number of carbonyl (C=O) groups excluding carboxylic acids is 1. The number of halogens is 2. The molecule has 3 nitrogen and oxygen atoms in total. The third-order valence-corrected chi connectivity index (χ3v) is 4.17. The van der Waals surface area contributed by atoms with Gasteiger partial charge in [-0.3, -0.25) is 4.79 Å². The molecule has 1 amide bonds. The quantitative estimate of drug-likeness (QED) is 0.728. The number of amides is 1. The summed E-state index contributed by atoms with van der Waals surface area (Å²) in [6.45, 7) is 0.516. The molecular weight excluding hydrogens is 319 g/mol. The van der Waals surface area contributed by atoms with Crippen molar-refractivity contribution in [1.82, 2.24) is 10.3 Å². The van der Waals surface area contributed by atoms with E-state index in [0.717, 1.165) is 11.9 Å². The van der Waals surface area contributed by atoms with Gasteiger partial charge in [-0.15, -0.1) is 0 Å². The Morgan fingerprint density at radius 1 is 1.05 bits per heavy atom. The lowest BCUT2D eigenvalue weighted by atomic mass is 10.1. The van der Waals surface area contributed by atoms with Crippen molar-refractivity contribution in [3.63, 3.8) is 0 Å². The molecule has 0 saturated carbocycles. The van der Waals surface area contributed by atoms with Crippen molar-refractivity contribution in [2.45, 2.75) is 6.42 Å². The number of hydrogen-bond acceptors (Lipinski definition) is 1. The van der Waals surface area contributed by atoms with Gasteiger partial charge < -0.3 is 10.3 Å². The molecular formula is C17H14Cl2N2O. The fourth-order valence-electron chi connectivity index (χ4n) is 2.45. The largest absolute Gasteiger partial charge is 0.361 e. The van der Waals surface area contributed by atoms with E-state index in [4.69, 9.17) is 23.2 Å². The zero-order chi connectivity index (χ0) is 15.5. The van der Waals surface area contributed by atoms with Crippen molar-refractivity contribution < 1.29 is 4.79 Å². The molecule has 2 aromatic carbocycles. The maximum absolute atomic E-state index is 12.2. The van der Waals surface area contributed by atoms with Crippen molar-refractivity contribution in [3.8, 4) is 0 Å². The molecule has 0 fully saturated rings. The summed E-state index contributed by atoms with van der Waals surface area (Å²) in [5.41, 5.74) is 2.59.